The maximum absolute atomic E-state index is 9.98. The van der Waals surface area contributed by atoms with Crippen LogP contribution in [0.15, 0.2) is 0 Å². The van der Waals surface area contributed by atoms with Crippen molar-refractivity contribution in [2.24, 2.45) is 5.92 Å². The maximum Gasteiger partial charge on any atom is 0.333 e. The first kappa shape index (κ1) is 8.27. The van der Waals surface area contributed by atoms with Gasteiger partial charge < -0.3 is 5.32 Å². The van der Waals surface area contributed by atoms with Crippen LogP contribution in [-0.4, -0.2) is 12.6 Å². The fourth-order valence-corrected chi connectivity index (χ4v) is 0.474. The van der Waals surface area contributed by atoms with E-state index in [0.29, 0.717) is 12.5 Å². The third-order valence-electron chi connectivity index (χ3n) is 1.01. The van der Waals surface area contributed by atoms with E-state index in [2.05, 4.69) is 19.2 Å². The number of rotatable bonds is 3. The van der Waals surface area contributed by atoms with Gasteiger partial charge in [-0.15, -0.1) is 0 Å². The molecule has 0 aliphatic rings. The lowest BCUT2D eigenvalue weighted by Crippen LogP contribution is -2.24. The summed E-state index contributed by atoms with van der Waals surface area (Å²) in [4.78, 5) is 9.98. The van der Waals surface area contributed by atoms with Crippen molar-refractivity contribution in [3.05, 3.63) is 0 Å². The van der Waals surface area contributed by atoms with Crippen molar-refractivity contribution in [2.45, 2.75) is 20.3 Å². The van der Waals surface area contributed by atoms with Gasteiger partial charge in [0.15, 0.2) is 0 Å². The fourth-order valence-electron chi connectivity index (χ4n) is 0.474. The molecule has 0 spiro atoms. The molecule has 0 atom stereocenters. The van der Waals surface area contributed by atoms with E-state index in [9.17, 15) is 4.79 Å². The second kappa shape index (κ2) is 4.18. The predicted octanol–water partition coefficient (Wildman–Crippen LogP) is 1.02. The highest BCUT2D eigenvalue weighted by Gasteiger charge is 1.94. The van der Waals surface area contributed by atoms with E-state index in [1.54, 1.807) is 0 Å². The molecule has 0 aromatic heterocycles. The summed E-state index contributed by atoms with van der Waals surface area (Å²) in [7, 11) is 0. The zero-order valence-corrected chi connectivity index (χ0v) is 5.90. The molecule has 0 saturated heterocycles. The van der Waals surface area contributed by atoms with Gasteiger partial charge in [0.25, 0.3) is 0 Å². The zero-order chi connectivity index (χ0) is 7.28. The van der Waals surface area contributed by atoms with Crippen molar-refractivity contribution >= 4 is 6.03 Å². The average Bonchev–Trinajstić information content (AvgIpc) is 1.63. The summed E-state index contributed by atoms with van der Waals surface area (Å²) >= 11 is 0. The lowest BCUT2D eigenvalue weighted by Gasteiger charge is -2.02. The SMILES string of the molecule is CC(C)CCNC([NH])=O. The number of hydrogen-bond acceptors (Lipinski definition) is 1. The molecule has 0 saturated carbocycles. The van der Waals surface area contributed by atoms with E-state index in [0.717, 1.165) is 6.42 Å². The van der Waals surface area contributed by atoms with Gasteiger partial charge in [-0.2, -0.15) is 0 Å². The fraction of sp³-hybridized carbons (Fsp3) is 0.833. The Hall–Kier alpha value is -0.730. The highest BCUT2D eigenvalue weighted by molar-refractivity contribution is 5.70. The first-order chi connectivity index (χ1) is 4.13. The van der Waals surface area contributed by atoms with Gasteiger partial charge in [0.2, 0.25) is 0 Å². The molecule has 0 fully saturated rings. The molecule has 0 bridgehead atoms. The molecule has 0 heterocycles. The molecule has 0 aliphatic heterocycles. The predicted molar refractivity (Wildman–Crippen MR) is 36.0 cm³/mol. The number of amides is 2. The van der Waals surface area contributed by atoms with Crippen molar-refractivity contribution < 1.29 is 4.79 Å². The Morgan fingerprint density at radius 2 is 2.22 bits per heavy atom. The second-order valence-corrected chi connectivity index (χ2v) is 2.44. The Morgan fingerprint density at radius 1 is 1.67 bits per heavy atom. The van der Waals surface area contributed by atoms with Crippen molar-refractivity contribution in [2.75, 3.05) is 6.54 Å². The molecule has 0 aromatic rings. The summed E-state index contributed by atoms with van der Waals surface area (Å²) < 4.78 is 0. The third kappa shape index (κ3) is 7.27. The van der Waals surface area contributed by atoms with Crippen LogP contribution >= 0.6 is 0 Å². The Balaban J connectivity index is 3.01. The molecule has 2 amide bonds. The van der Waals surface area contributed by atoms with Gasteiger partial charge in [0.05, 0.1) is 0 Å². The quantitative estimate of drug-likeness (QED) is 0.607. The summed E-state index contributed by atoms with van der Waals surface area (Å²) in [6, 6.07) is -0.685. The number of carbonyl (C=O) groups excluding carboxylic acids is 1. The number of carbonyl (C=O) groups is 1. The average molecular weight is 129 g/mol. The minimum Gasteiger partial charge on any atom is -0.337 e. The van der Waals surface area contributed by atoms with Gasteiger partial charge >= 0.3 is 6.03 Å². The normalized spacial score (nSPS) is 9.67. The van der Waals surface area contributed by atoms with Crippen LogP contribution in [0.2, 0.25) is 0 Å². The van der Waals surface area contributed by atoms with Crippen molar-refractivity contribution in [1.82, 2.24) is 11.1 Å². The summed E-state index contributed by atoms with van der Waals surface area (Å²) in [6.07, 6.45) is 0.949. The lowest BCUT2D eigenvalue weighted by atomic mass is 10.1. The molecule has 3 heteroatoms. The molecule has 0 aromatic carbocycles. The first-order valence-corrected chi connectivity index (χ1v) is 3.12. The van der Waals surface area contributed by atoms with Crippen molar-refractivity contribution in [3.8, 4) is 0 Å². The van der Waals surface area contributed by atoms with Crippen LogP contribution in [0, 0.1) is 5.92 Å². The highest BCUT2D eigenvalue weighted by Crippen LogP contribution is 1.95. The lowest BCUT2D eigenvalue weighted by molar-refractivity contribution is 0.247. The van der Waals surface area contributed by atoms with Gasteiger partial charge in [0, 0.05) is 6.54 Å². The summed E-state index contributed by atoms with van der Waals surface area (Å²) in [6.45, 7) is 4.78. The summed E-state index contributed by atoms with van der Waals surface area (Å²) in [5.41, 5.74) is 6.47. The number of nitrogens with one attached hydrogen (secondary N) is 2. The highest BCUT2D eigenvalue weighted by atomic mass is 16.2. The zero-order valence-electron chi connectivity index (χ0n) is 5.90. The molecule has 0 rings (SSSR count). The van der Waals surface area contributed by atoms with Gasteiger partial charge in [-0.3, -0.25) is 0 Å². The first-order valence-electron chi connectivity index (χ1n) is 3.12. The Bertz CT molecular complexity index is 91.1. The molecule has 0 unspecified atom stereocenters. The smallest absolute Gasteiger partial charge is 0.333 e. The molecule has 3 nitrogen and oxygen atoms in total. The minimum atomic E-state index is -0.685. The molecule has 53 valence electrons. The molecular weight excluding hydrogens is 116 g/mol. The van der Waals surface area contributed by atoms with Crippen LogP contribution in [-0.2, 0) is 0 Å². The van der Waals surface area contributed by atoms with E-state index in [-0.39, 0.29) is 0 Å². The largest absolute Gasteiger partial charge is 0.337 e. The summed E-state index contributed by atoms with van der Waals surface area (Å²) in [5, 5.41) is 2.40. The monoisotopic (exact) mass is 129 g/mol. The Morgan fingerprint density at radius 3 is 2.56 bits per heavy atom. The van der Waals surface area contributed by atoms with E-state index >= 15 is 0 Å². The minimum absolute atomic E-state index is 0.594. The van der Waals surface area contributed by atoms with E-state index in [1.165, 1.54) is 0 Å². The van der Waals surface area contributed by atoms with Crippen LogP contribution < -0.4 is 11.1 Å². The van der Waals surface area contributed by atoms with Gasteiger partial charge in [-0.25, -0.2) is 10.5 Å². The molecule has 9 heavy (non-hydrogen) atoms. The van der Waals surface area contributed by atoms with E-state index in [1.807, 2.05) is 0 Å². The van der Waals surface area contributed by atoms with E-state index in [4.69, 9.17) is 5.73 Å². The van der Waals surface area contributed by atoms with Crippen LogP contribution in [0.3, 0.4) is 0 Å². The summed E-state index contributed by atoms with van der Waals surface area (Å²) in [5.74, 6) is 0.594. The van der Waals surface area contributed by atoms with Crippen LogP contribution in [0.25, 0.3) is 0 Å². The van der Waals surface area contributed by atoms with Crippen molar-refractivity contribution in [3.63, 3.8) is 0 Å². The van der Waals surface area contributed by atoms with Gasteiger partial charge in [0.1, 0.15) is 0 Å². The van der Waals surface area contributed by atoms with Gasteiger partial charge in [-0.1, -0.05) is 13.8 Å². The van der Waals surface area contributed by atoms with Gasteiger partial charge in [-0.05, 0) is 12.3 Å². The number of urea groups is 1. The van der Waals surface area contributed by atoms with Crippen molar-refractivity contribution in [1.29, 1.82) is 0 Å². The van der Waals surface area contributed by atoms with E-state index < -0.39 is 6.03 Å². The molecule has 1 radical (unpaired) electrons. The third-order valence-corrected chi connectivity index (χ3v) is 1.01. The van der Waals surface area contributed by atoms with Crippen LogP contribution in [0.4, 0.5) is 4.79 Å². The van der Waals surface area contributed by atoms with Crippen LogP contribution in [0.1, 0.15) is 20.3 Å². The molecular formula is C6H13N2O. The Kier molecular flexibility index (Phi) is 3.84. The van der Waals surface area contributed by atoms with Crippen LogP contribution in [0.5, 0.6) is 0 Å². The number of hydrogen-bond donors (Lipinski definition) is 1. The molecule has 0 aliphatic carbocycles. The Labute approximate surface area is 55.6 Å². The topological polar surface area (TPSA) is 52.9 Å². The second-order valence-electron chi connectivity index (χ2n) is 2.44. The standard InChI is InChI=1S/C6H13N2O/c1-5(2)3-4-8-6(7)9/h5,7H,3-4H2,1-2H3,(H,8,9). The molecule has 2 N–H and O–H groups in total. The maximum atomic E-state index is 9.98.